The van der Waals surface area contributed by atoms with E-state index in [2.05, 4.69) is 10.3 Å². The van der Waals surface area contributed by atoms with Crippen molar-refractivity contribution in [2.75, 3.05) is 5.32 Å². The van der Waals surface area contributed by atoms with Crippen molar-refractivity contribution >= 4 is 28.3 Å². The zero-order valence-electron chi connectivity index (χ0n) is 14.3. The van der Waals surface area contributed by atoms with Crippen molar-refractivity contribution in [3.8, 4) is 11.3 Å². The molecule has 0 aliphatic rings. The van der Waals surface area contributed by atoms with Gasteiger partial charge in [0.2, 0.25) is 0 Å². The summed E-state index contributed by atoms with van der Waals surface area (Å²) >= 11 is 1.10. The maximum absolute atomic E-state index is 13.3. The predicted molar refractivity (Wildman–Crippen MR) is 94.4 cm³/mol. The summed E-state index contributed by atoms with van der Waals surface area (Å²) in [6.45, 7) is 3.03. The Labute approximate surface area is 156 Å². The highest BCUT2D eigenvalue weighted by Crippen LogP contribution is 2.26. The zero-order chi connectivity index (χ0) is 19.6. The van der Waals surface area contributed by atoms with Crippen LogP contribution in [0.25, 0.3) is 11.3 Å². The van der Waals surface area contributed by atoms with Crippen LogP contribution in [0.3, 0.4) is 0 Å². The van der Waals surface area contributed by atoms with E-state index in [1.165, 1.54) is 25.3 Å². The van der Waals surface area contributed by atoms with E-state index in [0.29, 0.717) is 17.0 Å². The van der Waals surface area contributed by atoms with Crippen molar-refractivity contribution < 1.29 is 27.5 Å². The van der Waals surface area contributed by atoms with Crippen LogP contribution in [0.5, 0.6) is 0 Å². The van der Waals surface area contributed by atoms with Gasteiger partial charge in [-0.05, 0) is 38.1 Å². The lowest BCUT2D eigenvalue weighted by atomic mass is 10.2. The van der Waals surface area contributed by atoms with Gasteiger partial charge in [0.25, 0.3) is 5.91 Å². The number of esters is 1. The minimum absolute atomic E-state index is 0.238. The molecular weight excluding hydrogens is 378 g/mol. The molecular formula is C18H14F2N2O4S. The average molecular weight is 392 g/mol. The van der Waals surface area contributed by atoms with E-state index in [0.717, 1.165) is 23.5 Å². The molecule has 1 amide bonds. The van der Waals surface area contributed by atoms with Crippen molar-refractivity contribution in [3.05, 3.63) is 58.9 Å². The molecule has 0 aliphatic carbocycles. The van der Waals surface area contributed by atoms with Crippen LogP contribution in [0.1, 0.15) is 23.0 Å². The fraction of sp³-hybridized carbons (Fsp3) is 0.167. The molecule has 0 spiro atoms. The van der Waals surface area contributed by atoms with Crippen LogP contribution in [0, 0.1) is 18.6 Å². The monoisotopic (exact) mass is 392 g/mol. The number of rotatable bonds is 5. The minimum atomic E-state index is -1.07. The third-order valence-electron chi connectivity index (χ3n) is 3.68. The molecule has 0 radical (unpaired) electrons. The Hall–Kier alpha value is -3.07. The van der Waals surface area contributed by atoms with Gasteiger partial charge in [0.15, 0.2) is 22.9 Å². The standard InChI is InChI=1S/C18H14F2N2O4S/c1-9-12(5-6-25-9)17(24)26-10(2)16(23)22-18-21-15(8-27-18)11-3-4-13(19)14(20)7-11/h3-8,10H,1-2H3,(H,21,22,23)/t10-/m1/s1. The van der Waals surface area contributed by atoms with Gasteiger partial charge in [0.05, 0.1) is 12.0 Å². The van der Waals surface area contributed by atoms with Gasteiger partial charge in [-0.1, -0.05) is 0 Å². The van der Waals surface area contributed by atoms with E-state index < -0.39 is 29.6 Å². The molecule has 1 aromatic carbocycles. The first-order chi connectivity index (χ1) is 12.8. The number of carbonyl (C=O) groups is 2. The van der Waals surface area contributed by atoms with Crippen LogP contribution >= 0.6 is 11.3 Å². The van der Waals surface area contributed by atoms with Gasteiger partial charge in [0.1, 0.15) is 11.3 Å². The summed E-state index contributed by atoms with van der Waals surface area (Å²) in [5.74, 6) is -2.79. The largest absolute Gasteiger partial charge is 0.469 e. The number of aromatic nitrogens is 1. The number of anilines is 1. The SMILES string of the molecule is Cc1occc1C(=O)O[C@H](C)C(=O)Nc1nc(-c2ccc(F)c(F)c2)cs1. The molecule has 3 rings (SSSR count). The Morgan fingerprint density at radius 2 is 2.04 bits per heavy atom. The molecule has 2 heterocycles. The Bertz CT molecular complexity index is 999. The molecule has 6 nitrogen and oxygen atoms in total. The molecule has 3 aromatic rings. The fourth-order valence-corrected chi connectivity index (χ4v) is 2.92. The number of halogens is 2. The second kappa shape index (κ2) is 7.67. The normalized spacial score (nSPS) is 11.9. The number of benzene rings is 1. The van der Waals surface area contributed by atoms with E-state index in [1.54, 1.807) is 12.3 Å². The molecule has 1 atom stereocenters. The lowest BCUT2D eigenvalue weighted by Gasteiger charge is -2.11. The molecule has 0 saturated carbocycles. The quantitative estimate of drug-likeness (QED) is 0.659. The molecule has 0 saturated heterocycles. The number of nitrogens with zero attached hydrogens (tertiary/aromatic N) is 1. The van der Waals surface area contributed by atoms with Crippen LogP contribution in [-0.4, -0.2) is 23.0 Å². The fourth-order valence-electron chi connectivity index (χ4n) is 2.20. The van der Waals surface area contributed by atoms with Gasteiger partial charge in [-0.3, -0.25) is 10.1 Å². The predicted octanol–water partition coefficient (Wildman–Crippen LogP) is 4.17. The molecule has 0 bridgehead atoms. The Balaban J connectivity index is 1.64. The lowest BCUT2D eigenvalue weighted by Crippen LogP contribution is -2.30. The summed E-state index contributed by atoms with van der Waals surface area (Å²) in [5, 5.41) is 4.35. The zero-order valence-corrected chi connectivity index (χ0v) is 15.1. The highest BCUT2D eigenvalue weighted by Gasteiger charge is 2.22. The van der Waals surface area contributed by atoms with Crippen molar-refractivity contribution in [3.63, 3.8) is 0 Å². The van der Waals surface area contributed by atoms with Crippen LogP contribution in [-0.2, 0) is 9.53 Å². The number of carbonyl (C=O) groups excluding carboxylic acids is 2. The van der Waals surface area contributed by atoms with Gasteiger partial charge < -0.3 is 9.15 Å². The number of thiazole rings is 1. The van der Waals surface area contributed by atoms with Crippen molar-refractivity contribution in [2.45, 2.75) is 20.0 Å². The number of amides is 1. The van der Waals surface area contributed by atoms with E-state index in [9.17, 15) is 18.4 Å². The number of ether oxygens (including phenoxy) is 1. The summed E-state index contributed by atoms with van der Waals surface area (Å²) in [7, 11) is 0. The highest BCUT2D eigenvalue weighted by molar-refractivity contribution is 7.14. The minimum Gasteiger partial charge on any atom is -0.469 e. The average Bonchev–Trinajstić information content (AvgIpc) is 3.26. The maximum Gasteiger partial charge on any atom is 0.342 e. The Morgan fingerprint density at radius 3 is 2.70 bits per heavy atom. The smallest absolute Gasteiger partial charge is 0.342 e. The van der Waals surface area contributed by atoms with Gasteiger partial charge >= 0.3 is 5.97 Å². The summed E-state index contributed by atoms with van der Waals surface area (Å²) in [6, 6.07) is 4.86. The van der Waals surface area contributed by atoms with Crippen LogP contribution in [0.4, 0.5) is 13.9 Å². The first-order valence-electron chi connectivity index (χ1n) is 7.82. The summed E-state index contributed by atoms with van der Waals surface area (Å²) in [5.41, 5.74) is 0.998. The van der Waals surface area contributed by atoms with Crippen LogP contribution < -0.4 is 5.32 Å². The Kier molecular flexibility index (Phi) is 5.31. The van der Waals surface area contributed by atoms with Gasteiger partial charge in [-0.2, -0.15) is 0 Å². The molecule has 0 unspecified atom stereocenters. The maximum atomic E-state index is 13.3. The van der Waals surface area contributed by atoms with Gasteiger partial charge in [0, 0.05) is 10.9 Å². The molecule has 27 heavy (non-hydrogen) atoms. The molecule has 9 heteroatoms. The van der Waals surface area contributed by atoms with E-state index in [4.69, 9.17) is 9.15 Å². The van der Waals surface area contributed by atoms with Gasteiger partial charge in [-0.15, -0.1) is 11.3 Å². The van der Waals surface area contributed by atoms with Crippen molar-refractivity contribution in [1.29, 1.82) is 0 Å². The Morgan fingerprint density at radius 1 is 1.26 bits per heavy atom. The first kappa shape index (κ1) is 18.7. The highest BCUT2D eigenvalue weighted by atomic mass is 32.1. The summed E-state index contributed by atoms with van der Waals surface area (Å²) in [6.07, 6.45) is 0.286. The molecule has 140 valence electrons. The lowest BCUT2D eigenvalue weighted by molar-refractivity contribution is -0.123. The van der Waals surface area contributed by atoms with Crippen molar-refractivity contribution in [2.24, 2.45) is 0 Å². The van der Waals surface area contributed by atoms with Gasteiger partial charge in [-0.25, -0.2) is 18.6 Å². The second-order valence-electron chi connectivity index (χ2n) is 5.59. The molecule has 0 aliphatic heterocycles. The summed E-state index contributed by atoms with van der Waals surface area (Å²) in [4.78, 5) is 28.4. The second-order valence-corrected chi connectivity index (χ2v) is 6.45. The molecule has 1 N–H and O–H groups in total. The third-order valence-corrected chi connectivity index (χ3v) is 4.44. The summed E-state index contributed by atoms with van der Waals surface area (Å²) < 4.78 is 36.5. The van der Waals surface area contributed by atoms with Crippen LogP contribution in [0.2, 0.25) is 0 Å². The molecule has 0 fully saturated rings. The van der Waals surface area contributed by atoms with E-state index in [1.807, 2.05) is 0 Å². The van der Waals surface area contributed by atoms with Crippen molar-refractivity contribution in [1.82, 2.24) is 4.98 Å². The number of furan rings is 1. The van der Waals surface area contributed by atoms with E-state index >= 15 is 0 Å². The number of aryl methyl sites for hydroxylation is 1. The molecule has 2 aromatic heterocycles. The van der Waals surface area contributed by atoms with Crippen LogP contribution in [0.15, 0.2) is 40.3 Å². The first-order valence-corrected chi connectivity index (χ1v) is 8.70. The number of hydrogen-bond donors (Lipinski definition) is 1. The number of hydrogen-bond acceptors (Lipinski definition) is 6. The topological polar surface area (TPSA) is 81.4 Å². The van der Waals surface area contributed by atoms with E-state index in [-0.39, 0.29) is 10.7 Å². The third kappa shape index (κ3) is 4.20. The number of nitrogens with one attached hydrogen (secondary N) is 1.